The van der Waals surface area contributed by atoms with Crippen LogP contribution >= 0.6 is 11.3 Å². The summed E-state index contributed by atoms with van der Waals surface area (Å²) in [5.41, 5.74) is 10.0. The second-order valence-corrected chi connectivity index (χ2v) is 14.1. The standard InChI is InChI=1S/C41H28BF2N3S/c1-23-15-17-29(43)35(19-23)46-32-12-8-13-33-40(32)42(28-21-27-25-9-5-7-14-37(25)48-38(27)22-34(28)46)39-26-10-4-6-11-31(26)45(3)41(39)47(33)36-20-24(2)16-18-30(36)44/h4-22H,1-3H3. The second-order valence-electron chi connectivity index (χ2n) is 13.0. The minimum absolute atomic E-state index is 0.177. The Labute approximate surface area is 281 Å². The smallest absolute Gasteiger partial charge is 0.255 e. The third-order valence-corrected chi connectivity index (χ3v) is 11.3. The number of benzene rings is 6. The number of hydrogen-bond donors (Lipinski definition) is 0. The number of hydrogen-bond acceptors (Lipinski definition) is 3. The molecule has 3 nitrogen and oxygen atoms in total. The number of nitrogens with zero attached hydrogens (tertiary/aromatic N) is 3. The van der Waals surface area contributed by atoms with Crippen molar-refractivity contribution in [1.82, 2.24) is 4.57 Å². The summed E-state index contributed by atoms with van der Waals surface area (Å²) in [4.78, 5) is 4.18. The lowest BCUT2D eigenvalue weighted by Crippen LogP contribution is -2.61. The highest BCUT2D eigenvalue weighted by Crippen LogP contribution is 2.48. The van der Waals surface area contributed by atoms with E-state index in [1.807, 2.05) is 44.2 Å². The van der Waals surface area contributed by atoms with Crippen LogP contribution in [0.25, 0.3) is 31.1 Å². The van der Waals surface area contributed by atoms with E-state index in [9.17, 15) is 0 Å². The van der Waals surface area contributed by atoms with Gasteiger partial charge in [-0.05, 0) is 107 Å². The van der Waals surface area contributed by atoms with Crippen LogP contribution in [0.2, 0.25) is 0 Å². The number of rotatable bonds is 2. The number of halogens is 2. The summed E-state index contributed by atoms with van der Waals surface area (Å²) < 4.78 is 36.8. The summed E-state index contributed by atoms with van der Waals surface area (Å²) in [6, 6.07) is 38.3. The molecule has 0 amide bonds. The van der Waals surface area contributed by atoms with Crippen LogP contribution in [0, 0.1) is 25.5 Å². The molecule has 8 aromatic rings. The Morgan fingerprint density at radius 1 is 0.542 bits per heavy atom. The molecule has 0 fully saturated rings. The molecule has 2 aliphatic rings. The van der Waals surface area contributed by atoms with Gasteiger partial charge in [0.2, 0.25) is 0 Å². The summed E-state index contributed by atoms with van der Waals surface area (Å²) in [6.45, 7) is 3.81. The molecule has 0 spiro atoms. The van der Waals surface area contributed by atoms with Crippen LogP contribution in [-0.4, -0.2) is 11.3 Å². The van der Waals surface area contributed by atoms with Crippen LogP contribution in [0.5, 0.6) is 0 Å². The average molecular weight is 644 g/mol. The Morgan fingerprint density at radius 2 is 1.19 bits per heavy atom. The minimum atomic E-state index is -0.294. The van der Waals surface area contributed by atoms with E-state index in [2.05, 4.69) is 94.2 Å². The first-order valence-electron chi connectivity index (χ1n) is 16.2. The molecule has 7 heteroatoms. The molecule has 4 heterocycles. The van der Waals surface area contributed by atoms with Crippen molar-refractivity contribution in [2.24, 2.45) is 7.05 Å². The Balaban J connectivity index is 1.40. The summed E-state index contributed by atoms with van der Waals surface area (Å²) >= 11 is 1.76. The lowest BCUT2D eigenvalue weighted by Gasteiger charge is -2.43. The van der Waals surface area contributed by atoms with Gasteiger partial charge in [-0.15, -0.1) is 11.3 Å². The lowest BCUT2D eigenvalue weighted by molar-refractivity contribution is 0.628. The first-order chi connectivity index (χ1) is 23.4. The molecule has 0 unspecified atom stereocenters. The molecule has 2 aliphatic heterocycles. The molecule has 0 N–H and O–H groups in total. The predicted octanol–water partition coefficient (Wildman–Crippen LogP) is 9.52. The highest BCUT2D eigenvalue weighted by Gasteiger charge is 2.46. The zero-order valence-electron chi connectivity index (χ0n) is 26.6. The molecule has 10 rings (SSSR count). The molecule has 48 heavy (non-hydrogen) atoms. The fourth-order valence-corrected chi connectivity index (χ4v) is 9.30. The van der Waals surface area contributed by atoms with Crippen molar-refractivity contribution in [2.45, 2.75) is 13.8 Å². The van der Waals surface area contributed by atoms with Gasteiger partial charge in [-0.1, -0.05) is 60.7 Å². The van der Waals surface area contributed by atoms with Crippen LogP contribution in [0.4, 0.5) is 43.0 Å². The number of aromatic nitrogens is 1. The average Bonchev–Trinajstić information content (AvgIpc) is 3.61. The van der Waals surface area contributed by atoms with Gasteiger partial charge in [-0.2, -0.15) is 0 Å². The number of aryl methyl sites for hydroxylation is 3. The fraction of sp³-hybridized carbons (Fsp3) is 0.0732. The predicted molar refractivity (Wildman–Crippen MR) is 199 cm³/mol. The van der Waals surface area contributed by atoms with Crippen molar-refractivity contribution >= 4 is 99.8 Å². The van der Waals surface area contributed by atoms with Gasteiger partial charge in [0, 0.05) is 44.4 Å². The van der Waals surface area contributed by atoms with Gasteiger partial charge < -0.3 is 9.47 Å². The normalized spacial score (nSPS) is 13.4. The van der Waals surface area contributed by atoms with E-state index >= 15 is 8.78 Å². The zero-order chi connectivity index (χ0) is 32.4. The van der Waals surface area contributed by atoms with E-state index in [-0.39, 0.29) is 18.3 Å². The lowest BCUT2D eigenvalue weighted by atomic mass is 9.33. The largest absolute Gasteiger partial charge is 0.330 e. The summed E-state index contributed by atoms with van der Waals surface area (Å²) in [7, 11) is 2.07. The molecule has 230 valence electrons. The maximum absolute atomic E-state index is 16.1. The topological polar surface area (TPSA) is 11.4 Å². The van der Waals surface area contributed by atoms with Gasteiger partial charge >= 0.3 is 0 Å². The number of anilines is 6. The number of para-hydroxylation sites is 1. The summed E-state index contributed by atoms with van der Waals surface area (Å²) in [6.07, 6.45) is 0. The van der Waals surface area contributed by atoms with Crippen LogP contribution in [0.1, 0.15) is 11.1 Å². The van der Waals surface area contributed by atoms with Crippen molar-refractivity contribution in [3.8, 4) is 0 Å². The maximum atomic E-state index is 16.1. The monoisotopic (exact) mass is 643 g/mol. The SMILES string of the molecule is Cc1ccc(F)c(N2c3cc4sc5ccccc5c4cc3B3c4c2cccc4N(c2cc(C)ccc2F)c2c3c3ccccc3n2C)c1. The minimum Gasteiger partial charge on any atom is -0.330 e. The van der Waals surface area contributed by atoms with Gasteiger partial charge in [-0.3, -0.25) is 4.90 Å². The molecular formula is C41H28BF2N3S. The third kappa shape index (κ3) is 3.62. The van der Waals surface area contributed by atoms with Gasteiger partial charge in [0.25, 0.3) is 6.71 Å². The second kappa shape index (κ2) is 9.81. The molecule has 0 radical (unpaired) electrons. The first kappa shape index (κ1) is 27.7. The van der Waals surface area contributed by atoms with Crippen molar-refractivity contribution < 1.29 is 8.78 Å². The number of fused-ring (bicyclic) bond motifs is 9. The van der Waals surface area contributed by atoms with Crippen LogP contribution in [-0.2, 0) is 7.05 Å². The fourth-order valence-electron chi connectivity index (χ4n) is 8.18. The molecule has 6 aromatic carbocycles. The molecule has 0 saturated carbocycles. The molecule has 2 aromatic heterocycles. The van der Waals surface area contributed by atoms with Crippen LogP contribution in [0.15, 0.2) is 115 Å². The van der Waals surface area contributed by atoms with Gasteiger partial charge in [-0.25, -0.2) is 8.78 Å². The van der Waals surface area contributed by atoms with Crippen LogP contribution < -0.4 is 26.2 Å². The van der Waals surface area contributed by atoms with E-state index in [0.717, 1.165) is 66.0 Å². The Kier molecular flexibility index (Phi) is 5.66. The third-order valence-electron chi connectivity index (χ3n) is 10.2. The van der Waals surface area contributed by atoms with E-state index in [1.165, 1.54) is 15.5 Å². The Bertz CT molecular complexity index is 2670. The summed E-state index contributed by atoms with van der Waals surface area (Å²) in [5, 5.41) is 3.52. The van der Waals surface area contributed by atoms with E-state index in [4.69, 9.17) is 0 Å². The molecule has 0 atom stereocenters. The van der Waals surface area contributed by atoms with Gasteiger partial charge in [0.1, 0.15) is 17.5 Å². The molecule has 0 bridgehead atoms. The van der Waals surface area contributed by atoms with Gasteiger partial charge in [0.05, 0.1) is 11.4 Å². The quantitative estimate of drug-likeness (QED) is 0.174. The van der Waals surface area contributed by atoms with Crippen LogP contribution in [0.3, 0.4) is 0 Å². The zero-order valence-corrected chi connectivity index (χ0v) is 27.4. The molecule has 0 aliphatic carbocycles. The van der Waals surface area contributed by atoms with Crippen molar-refractivity contribution in [1.29, 1.82) is 0 Å². The maximum Gasteiger partial charge on any atom is 0.255 e. The highest BCUT2D eigenvalue weighted by atomic mass is 32.1. The van der Waals surface area contributed by atoms with E-state index < -0.39 is 0 Å². The first-order valence-corrected chi connectivity index (χ1v) is 17.0. The number of thiophene rings is 1. The van der Waals surface area contributed by atoms with Crippen molar-refractivity contribution in [3.05, 3.63) is 138 Å². The Hall–Kier alpha value is -5.40. The Morgan fingerprint density at radius 3 is 1.94 bits per heavy atom. The molecular weight excluding hydrogens is 615 g/mol. The van der Waals surface area contributed by atoms with Crippen molar-refractivity contribution in [3.63, 3.8) is 0 Å². The van der Waals surface area contributed by atoms with E-state index in [1.54, 1.807) is 23.5 Å². The highest BCUT2D eigenvalue weighted by molar-refractivity contribution is 7.26. The van der Waals surface area contributed by atoms with Crippen molar-refractivity contribution in [2.75, 3.05) is 9.80 Å². The van der Waals surface area contributed by atoms with Gasteiger partial charge in [0.15, 0.2) is 0 Å². The summed E-state index contributed by atoms with van der Waals surface area (Å²) in [5.74, 6) is 0.353. The van der Waals surface area contributed by atoms with E-state index in [0.29, 0.717) is 11.4 Å². The molecule has 0 saturated heterocycles.